The van der Waals surface area contributed by atoms with Gasteiger partial charge in [0.1, 0.15) is 21.9 Å². The fourth-order valence-electron chi connectivity index (χ4n) is 4.60. The van der Waals surface area contributed by atoms with Crippen LogP contribution in [0.5, 0.6) is 5.75 Å². The third-order valence-electron chi connectivity index (χ3n) is 6.23. The summed E-state index contributed by atoms with van der Waals surface area (Å²) in [5, 5.41) is 9.57. The molecule has 0 saturated carbocycles. The fraction of sp³-hybridized carbons (Fsp3) is 0.308. The van der Waals surface area contributed by atoms with E-state index in [1.54, 1.807) is 18.4 Å². The molecule has 0 atom stereocenters. The number of aryl methyl sites for hydroxylation is 1. The van der Waals surface area contributed by atoms with Crippen LogP contribution in [0, 0.1) is 0 Å². The Hall–Kier alpha value is -3.10. The number of methoxy groups -OCH3 is 2. The van der Waals surface area contributed by atoms with Crippen molar-refractivity contribution >= 4 is 67.3 Å². The van der Waals surface area contributed by atoms with E-state index in [1.807, 2.05) is 36.4 Å². The third kappa shape index (κ3) is 4.23. The van der Waals surface area contributed by atoms with Crippen molar-refractivity contribution in [2.75, 3.05) is 24.9 Å². The first kappa shape index (κ1) is 22.7. The van der Waals surface area contributed by atoms with Crippen molar-refractivity contribution in [1.82, 2.24) is 0 Å². The predicted molar refractivity (Wildman–Crippen MR) is 142 cm³/mol. The van der Waals surface area contributed by atoms with Gasteiger partial charge in [0.15, 0.2) is 5.11 Å². The third-order valence-corrected chi connectivity index (χ3v) is 7.65. The molecule has 2 aromatic carbocycles. The van der Waals surface area contributed by atoms with E-state index < -0.39 is 0 Å². The molecule has 0 fully saturated rings. The normalized spacial score (nSPS) is 13.7. The van der Waals surface area contributed by atoms with Crippen LogP contribution in [0.3, 0.4) is 0 Å². The highest BCUT2D eigenvalue weighted by atomic mass is 32.1. The number of nitrogens with one attached hydrogen (secondary N) is 2. The van der Waals surface area contributed by atoms with Crippen molar-refractivity contribution < 1.29 is 18.7 Å². The second kappa shape index (κ2) is 9.64. The van der Waals surface area contributed by atoms with Crippen molar-refractivity contribution in [3.63, 3.8) is 0 Å². The van der Waals surface area contributed by atoms with Crippen molar-refractivity contribution in [3.8, 4) is 5.75 Å². The number of anilines is 2. The first-order chi connectivity index (χ1) is 16.6. The molecule has 0 bridgehead atoms. The molecule has 5 rings (SSSR count). The van der Waals surface area contributed by atoms with Crippen LogP contribution in [0.15, 0.2) is 40.8 Å². The summed E-state index contributed by atoms with van der Waals surface area (Å²) < 4.78 is 16.8. The largest absolute Gasteiger partial charge is 0.495 e. The maximum atomic E-state index is 12.7. The molecule has 2 N–H and O–H groups in total. The summed E-state index contributed by atoms with van der Waals surface area (Å²) in [6.07, 6.45) is 6.47. The predicted octanol–water partition coefficient (Wildman–Crippen LogP) is 6.91. The minimum Gasteiger partial charge on any atom is -0.495 e. The highest BCUT2D eigenvalue weighted by Crippen LogP contribution is 2.39. The summed E-state index contributed by atoms with van der Waals surface area (Å²) in [6.45, 7) is 0. The van der Waals surface area contributed by atoms with Crippen LogP contribution in [0.25, 0.3) is 21.9 Å². The van der Waals surface area contributed by atoms with E-state index in [0.717, 1.165) is 58.2 Å². The van der Waals surface area contributed by atoms with Gasteiger partial charge in [0.25, 0.3) is 0 Å². The Balaban J connectivity index is 1.45. The molecule has 0 unspecified atom stereocenters. The molecule has 1 aliphatic rings. The van der Waals surface area contributed by atoms with E-state index >= 15 is 0 Å². The molecule has 0 saturated heterocycles. The Bertz CT molecular complexity index is 1390. The van der Waals surface area contributed by atoms with Gasteiger partial charge in [-0.3, -0.25) is 0 Å². The van der Waals surface area contributed by atoms with E-state index in [2.05, 4.69) is 10.6 Å². The van der Waals surface area contributed by atoms with Gasteiger partial charge in [-0.1, -0.05) is 31.0 Å². The fourth-order valence-corrected chi connectivity index (χ4v) is 6.16. The summed E-state index contributed by atoms with van der Waals surface area (Å²) in [7, 11) is 3.04. The standard InChI is InChI=1S/C26H26N2O4S2/c1-30-21-13-17-15-9-7-8-11-19(15)32-20(17)14-18(21)27-26(33)28-24-23(25(29)31-2)16-10-5-3-4-6-12-22(16)34-24/h7-9,11,13-14H,3-6,10,12H2,1-2H3,(H2,27,28,33). The van der Waals surface area contributed by atoms with E-state index in [1.165, 1.54) is 24.8 Å². The van der Waals surface area contributed by atoms with Crippen molar-refractivity contribution in [2.24, 2.45) is 0 Å². The molecule has 0 amide bonds. The quantitative estimate of drug-likeness (QED) is 0.236. The molecule has 1 aliphatic carbocycles. The average Bonchev–Trinajstić information content (AvgIpc) is 3.34. The lowest BCUT2D eigenvalue weighted by Crippen LogP contribution is -2.20. The Morgan fingerprint density at radius 1 is 1.00 bits per heavy atom. The smallest absolute Gasteiger partial charge is 0.341 e. The van der Waals surface area contributed by atoms with Crippen LogP contribution in [0.2, 0.25) is 0 Å². The van der Waals surface area contributed by atoms with Gasteiger partial charge in [0, 0.05) is 21.7 Å². The zero-order chi connectivity index (χ0) is 23.7. The van der Waals surface area contributed by atoms with E-state index in [4.69, 9.17) is 26.1 Å². The van der Waals surface area contributed by atoms with E-state index in [9.17, 15) is 4.79 Å². The molecule has 2 heterocycles. The number of carbonyl (C=O) groups is 1. The summed E-state index contributed by atoms with van der Waals surface area (Å²) in [5.41, 5.74) is 3.94. The first-order valence-corrected chi connectivity index (χ1v) is 12.6. The van der Waals surface area contributed by atoms with Crippen LogP contribution in [-0.4, -0.2) is 25.3 Å². The highest BCUT2D eigenvalue weighted by molar-refractivity contribution is 7.80. The topological polar surface area (TPSA) is 72.7 Å². The maximum absolute atomic E-state index is 12.7. The number of carbonyl (C=O) groups excluding carboxylic acids is 1. The van der Waals surface area contributed by atoms with Crippen LogP contribution in [0.4, 0.5) is 10.7 Å². The van der Waals surface area contributed by atoms with Gasteiger partial charge in [-0.25, -0.2) is 4.79 Å². The summed E-state index contributed by atoms with van der Waals surface area (Å²) in [4.78, 5) is 13.9. The SMILES string of the molecule is COC(=O)c1c(NC(=S)Nc2cc3oc4ccccc4c3cc2OC)sc2c1CCCCCC2. The number of fused-ring (bicyclic) bond motifs is 4. The molecular weight excluding hydrogens is 468 g/mol. The number of benzene rings is 2. The zero-order valence-corrected chi connectivity index (χ0v) is 20.8. The number of hydrogen-bond donors (Lipinski definition) is 2. The van der Waals surface area contributed by atoms with Gasteiger partial charge < -0.3 is 24.5 Å². The molecule has 8 heteroatoms. The minimum atomic E-state index is -0.329. The summed E-state index contributed by atoms with van der Waals surface area (Å²) in [6, 6.07) is 11.7. The molecule has 6 nitrogen and oxygen atoms in total. The Kier molecular flexibility index (Phi) is 6.43. The highest BCUT2D eigenvalue weighted by Gasteiger charge is 2.25. The molecular formula is C26H26N2O4S2. The van der Waals surface area contributed by atoms with Gasteiger partial charge in [0.2, 0.25) is 0 Å². The van der Waals surface area contributed by atoms with Crippen LogP contribution >= 0.6 is 23.6 Å². The van der Waals surface area contributed by atoms with Crippen LogP contribution in [0.1, 0.15) is 46.5 Å². The van der Waals surface area contributed by atoms with E-state index in [0.29, 0.717) is 22.1 Å². The Morgan fingerprint density at radius 2 is 1.79 bits per heavy atom. The number of para-hydroxylation sites is 1. The van der Waals surface area contributed by atoms with Crippen LogP contribution < -0.4 is 15.4 Å². The van der Waals surface area contributed by atoms with Crippen molar-refractivity contribution in [3.05, 3.63) is 52.4 Å². The Morgan fingerprint density at radius 3 is 2.59 bits per heavy atom. The average molecular weight is 495 g/mol. The zero-order valence-electron chi connectivity index (χ0n) is 19.2. The number of esters is 1. The molecule has 0 aliphatic heterocycles. The molecule has 4 aromatic rings. The number of furan rings is 1. The Labute approximate surface area is 207 Å². The van der Waals surface area contributed by atoms with Crippen LogP contribution in [-0.2, 0) is 17.6 Å². The number of rotatable bonds is 4. The summed E-state index contributed by atoms with van der Waals surface area (Å²) >= 11 is 7.23. The number of thiophene rings is 1. The van der Waals surface area contributed by atoms with Gasteiger partial charge in [-0.05, 0) is 55.6 Å². The van der Waals surface area contributed by atoms with Crippen molar-refractivity contribution in [2.45, 2.75) is 38.5 Å². The number of thiocarbonyl (C=S) groups is 1. The monoisotopic (exact) mass is 494 g/mol. The van der Waals surface area contributed by atoms with E-state index in [-0.39, 0.29) is 5.97 Å². The minimum absolute atomic E-state index is 0.329. The molecule has 0 spiro atoms. The summed E-state index contributed by atoms with van der Waals surface area (Å²) in [5.74, 6) is 0.319. The van der Waals surface area contributed by atoms with Gasteiger partial charge in [-0.2, -0.15) is 0 Å². The molecule has 2 aromatic heterocycles. The number of hydrogen-bond acceptors (Lipinski definition) is 6. The molecule has 176 valence electrons. The second-order valence-electron chi connectivity index (χ2n) is 8.34. The lowest BCUT2D eigenvalue weighted by atomic mass is 9.96. The lowest BCUT2D eigenvalue weighted by Gasteiger charge is -2.14. The van der Waals surface area contributed by atoms with Gasteiger partial charge in [-0.15, -0.1) is 11.3 Å². The first-order valence-electron chi connectivity index (χ1n) is 11.4. The van der Waals surface area contributed by atoms with Crippen molar-refractivity contribution in [1.29, 1.82) is 0 Å². The van der Waals surface area contributed by atoms with Gasteiger partial charge in [0.05, 0.1) is 25.5 Å². The second-order valence-corrected chi connectivity index (χ2v) is 9.85. The molecule has 34 heavy (non-hydrogen) atoms. The maximum Gasteiger partial charge on any atom is 0.341 e. The number of ether oxygens (including phenoxy) is 2. The lowest BCUT2D eigenvalue weighted by molar-refractivity contribution is 0.0601. The van der Waals surface area contributed by atoms with Gasteiger partial charge >= 0.3 is 5.97 Å². The molecule has 0 radical (unpaired) electrons.